The highest BCUT2D eigenvalue weighted by Crippen LogP contribution is 2.36. The molecule has 1 aliphatic rings. The van der Waals surface area contributed by atoms with Gasteiger partial charge < -0.3 is 14.8 Å². The summed E-state index contributed by atoms with van der Waals surface area (Å²) in [5.41, 5.74) is 1.12. The summed E-state index contributed by atoms with van der Waals surface area (Å²) in [6, 6.07) is 4.52. The van der Waals surface area contributed by atoms with E-state index in [0.29, 0.717) is 22.6 Å². The molecule has 0 amide bonds. The summed E-state index contributed by atoms with van der Waals surface area (Å²) in [6.07, 6.45) is 2.56. The molecule has 1 heterocycles. The molecule has 0 aromatic heterocycles. The molecule has 1 aromatic carbocycles. The van der Waals surface area contributed by atoms with Gasteiger partial charge in [0.1, 0.15) is 0 Å². The topological polar surface area (TPSA) is 30.5 Å². The lowest BCUT2D eigenvalue weighted by atomic mass is 10.1. The van der Waals surface area contributed by atoms with E-state index in [1.54, 1.807) is 14.2 Å². The molecule has 0 saturated carbocycles. The molecule has 19 heavy (non-hydrogen) atoms. The number of halogens is 1. The maximum absolute atomic E-state index is 6.20. The second-order valence-corrected chi connectivity index (χ2v) is 6.17. The summed E-state index contributed by atoms with van der Waals surface area (Å²) in [7, 11) is 3.23. The Morgan fingerprint density at radius 3 is 2.84 bits per heavy atom. The second-order valence-electron chi connectivity index (χ2n) is 4.61. The molecule has 1 fully saturated rings. The van der Waals surface area contributed by atoms with Crippen LogP contribution in [-0.2, 0) is 6.54 Å². The van der Waals surface area contributed by atoms with Gasteiger partial charge in [0.15, 0.2) is 11.5 Å². The normalized spacial score (nSPS) is 19.2. The Morgan fingerprint density at radius 2 is 2.21 bits per heavy atom. The number of nitrogens with one attached hydrogen (secondary N) is 1. The number of rotatable bonds is 5. The van der Waals surface area contributed by atoms with E-state index in [4.69, 9.17) is 21.1 Å². The van der Waals surface area contributed by atoms with Crippen LogP contribution in [0.5, 0.6) is 11.5 Å². The molecule has 0 radical (unpaired) electrons. The minimum absolute atomic E-state index is 0.594. The molecule has 1 atom stereocenters. The molecule has 2 rings (SSSR count). The maximum Gasteiger partial charge on any atom is 0.179 e. The fourth-order valence-electron chi connectivity index (χ4n) is 2.24. The fraction of sp³-hybridized carbons (Fsp3) is 0.571. The summed E-state index contributed by atoms with van der Waals surface area (Å²) in [4.78, 5) is 0. The maximum atomic E-state index is 6.20. The van der Waals surface area contributed by atoms with Crippen LogP contribution in [0.15, 0.2) is 12.1 Å². The molecule has 0 aliphatic carbocycles. The highest BCUT2D eigenvalue weighted by molar-refractivity contribution is 7.99. The van der Waals surface area contributed by atoms with Crippen molar-refractivity contribution in [2.75, 3.05) is 25.7 Å². The molecule has 0 bridgehead atoms. The molecule has 106 valence electrons. The van der Waals surface area contributed by atoms with Crippen molar-refractivity contribution in [2.45, 2.75) is 25.4 Å². The zero-order chi connectivity index (χ0) is 13.7. The largest absolute Gasteiger partial charge is 0.493 e. The third-order valence-electron chi connectivity index (χ3n) is 3.25. The number of hydrogen-bond acceptors (Lipinski definition) is 4. The van der Waals surface area contributed by atoms with Gasteiger partial charge in [0, 0.05) is 18.3 Å². The van der Waals surface area contributed by atoms with E-state index in [1.165, 1.54) is 24.3 Å². The van der Waals surface area contributed by atoms with E-state index in [2.05, 4.69) is 5.32 Å². The van der Waals surface area contributed by atoms with Crippen LogP contribution in [0.1, 0.15) is 18.4 Å². The van der Waals surface area contributed by atoms with Crippen LogP contribution in [0.4, 0.5) is 0 Å². The zero-order valence-electron chi connectivity index (χ0n) is 11.4. The first-order valence-electron chi connectivity index (χ1n) is 6.46. The van der Waals surface area contributed by atoms with Gasteiger partial charge in [0.05, 0.1) is 19.2 Å². The summed E-state index contributed by atoms with van der Waals surface area (Å²) < 4.78 is 10.5. The first-order valence-corrected chi connectivity index (χ1v) is 7.99. The van der Waals surface area contributed by atoms with Crippen molar-refractivity contribution in [1.29, 1.82) is 0 Å². The lowest BCUT2D eigenvalue weighted by Crippen LogP contribution is -2.33. The van der Waals surface area contributed by atoms with Gasteiger partial charge in [0.2, 0.25) is 0 Å². The van der Waals surface area contributed by atoms with Gasteiger partial charge in [-0.3, -0.25) is 0 Å². The minimum Gasteiger partial charge on any atom is -0.493 e. The first-order chi connectivity index (χ1) is 9.24. The lowest BCUT2D eigenvalue weighted by Gasteiger charge is -2.23. The van der Waals surface area contributed by atoms with Crippen molar-refractivity contribution in [3.8, 4) is 11.5 Å². The van der Waals surface area contributed by atoms with Crippen LogP contribution < -0.4 is 14.8 Å². The Morgan fingerprint density at radius 1 is 1.37 bits per heavy atom. The predicted octanol–water partition coefficient (Wildman–Crippen LogP) is 3.34. The molecule has 1 unspecified atom stereocenters. The monoisotopic (exact) mass is 301 g/mol. The van der Waals surface area contributed by atoms with Gasteiger partial charge in [-0.05, 0) is 36.3 Å². The molecule has 1 saturated heterocycles. The summed E-state index contributed by atoms with van der Waals surface area (Å²) in [5.74, 6) is 3.77. The molecular formula is C14H20ClNO2S. The van der Waals surface area contributed by atoms with Crippen LogP contribution in [0.3, 0.4) is 0 Å². The van der Waals surface area contributed by atoms with E-state index in [1.807, 2.05) is 23.9 Å². The summed E-state index contributed by atoms with van der Waals surface area (Å²) in [5, 5.41) is 4.17. The molecule has 0 spiro atoms. The number of hydrogen-bond donors (Lipinski definition) is 1. The van der Waals surface area contributed by atoms with Crippen molar-refractivity contribution in [1.82, 2.24) is 5.32 Å². The van der Waals surface area contributed by atoms with E-state index in [9.17, 15) is 0 Å². The lowest BCUT2D eigenvalue weighted by molar-refractivity contribution is 0.354. The number of methoxy groups -OCH3 is 2. The van der Waals surface area contributed by atoms with Crippen molar-refractivity contribution < 1.29 is 9.47 Å². The fourth-order valence-corrected chi connectivity index (χ4v) is 3.65. The van der Waals surface area contributed by atoms with E-state index >= 15 is 0 Å². The number of ether oxygens (including phenoxy) is 2. The van der Waals surface area contributed by atoms with Gasteiger partial charge in [-0.15, -0.1) is 0 Å². The predicted molar refractivity (Wildman–Crippen MR) is 81.7 cm³/mol. The quantitative estimate of drug-likeness (QED) is 0.903. The molecule has 1 N–H and O–H groups in total. The molecule has 3 nitrogen and oxygen atoms in total. The minimum atomic E-state index is 0.594. The molecular weight excluding hydrogens is 282 g/mol. The van der Waals surface area contributed by atoms with Gasteiger partial charge in [-0.1, -0.05) is 11.6 Å². The number of thioether (sulfide) groups is 1. The molecule has 1 aliphatic heterocycles. The Bertz CT molecular complexity index is 422. The average Bonchev–Trinajstić information content (AvgIpc) is 2.45. The van der Waals surface area contributed by atoms with Gasteiger partial charge >= 0.3 is 0 Å². The Hall–Kier alpha value is -0.580. The Kier molecular flexibility index (Phi) is 5.67. The highest BCUT2D eigenvalue weighted by atomic mass is 35.5. The summed E-state index contributed by atoms with van der Waals surface area (Å²) in [6.45, 7) is 0.811. The van der Waals surface area contributed by atoms with Crippen molar-refractivity contribution in [3.63, 3.8) is 0 Å². The standard InChI is InChI=1S/C14H20ClNO2S/c1-17-13-7-10(6-12(15)14(13)18-2)8-16-11-4-3-5-19-9-11/h6-7,11,16H,3-5,8-9H2,1-2H3. The number of benzene rings is 1. The van der Waals surface area contributed by atoms with Gasteiger partial charge in [-0.2, -0.15) is 11.8 Å². The van der Waals surface area contributed by atoms with Crippen molar-refractivity contribution in [3.05, 3.63) is 22.7 Å². The average molecular weight is 302 g/mol. The van der Waals surface area contributed by atoms with E-state index < -0.39 is 0 Å². The van der Waals surface area contributed by atoms with Crippen LogP contribution >= 0.6 is 23.4 Å². The Balaban J connectivity index is 2.01. The van der Waals surface area contributed by atoms with Crippen LogP contribution in [0, 0.1) is 0 Å². The second kappa shape index (κ2) is 7.27. The van der Waals surface area contributed by atoms with Crippen molar-refractivity contribution in [2.24, 2.45) is 0 Å². The van der Waals surface area contributed by atoms with Crippen LogP contribution in [0.25, 0.3) is 0 Å². The molecule has 1 aromatic rings. The van der Waals surface area contributed by atoms with Gasteiger partial charge in [0.25, 0.3) is 0 Å². The summed E-state index contributed by atoms with van der Waals surface area (Å²) >= 11 is 8.22. The zero-order valence-corrected chi connectivity index (χ0v) is 12.9. The van der Waals surface area contributed by atoms with Gasteiger partial charge in [-0.25, -0.2) is 0 Å². The van der Waals surface area contributed by atoms with E-state index in [0.717, 1.165) is 12.1 Å². The molecule has 5 heteroatoms. The third-order valence-corrected chi connectivity index (χ3v) is 4.74. The first kappa shape index (κ1) is 14.8. The Labute approximate surface area is 124 Å². The third kappa shape index (κ3) is 3.94. The van der Waals surface area contributed by atoms with E-state index in [-0.39, 0.29) is 0 Å². The SMILES string of the molecule is COc1cc(CNC2CCCSC2)cc(Cl)c1OC. The van der Waals surface area contributed by atoms with Crippen molar-refractivity contribution >= 4 is 23.4 Å². The van der Waals surface area contributed by atoms with Crippen LogP contribution in [0.2, 0.25) is 5.02 Å². The smallest absolute Gasteiger partial charge is 0.179 e. The van der Waals surface area contributed by atoms with Crippen LogP contribution in [-0.4, -0.2) is 31.8 Å². The highest BCUT2D eigenvalue weighted by Gasteiger charge is 2.14.